The molecule has 3 nitrogen and oxygen atoms in total. The second-order valence-corrected chi connectivity index (χ2v) is 4.37. The smallest absolute Gasteiger partial charge is 0.243 e. The number of fused-ring (bicyclic) bond motifs is 1. The van der Waals surface area contributed by atoms with Crippen LogP contribution in [0, 0.1) is 0 Å². The van der Waals surface area contributed by atoms with Crippen molar-refractivity contribution < 1.29 is 4.79 Å². The van der Waals surface area contributed by atoms with E-state index in [1.54, 1.807) is 6.07 Å². The van der Waals surface area contributed by atoms with E-state index in [2.05, 4.69) is 19.2 Å². The van der Waals surface area contributed by atoms with Crippen LogP contribution >= 0.6 is 11.6 Å². The highest BCUT2D eigenvalue weighted by Crippen LogP contribution is 2.33. The minimum absolute atomic E-state index is 0.0264. The predicted octanol–water partition coefficient (Wildman–Crippen LogP) is 2.51. The van der Waals surface area contributed by atoms with Crippen LogP contribution in [0.1, 0.15) is 13.8 Å². The molecule has 0 fully saturated rings. The second-order valence-electron chi connectivity index (χ2n) is 3.93. The van der Waals surface area contributed by atoms with E-state index in [1.165, 1.54) is 0 Å². The Morgan fingerprint density at radius 2 is 2.20 bits per heavy atom. The molecule has 1 aromatic carbocycles. The van der Waals surface area contributed by atoms with Crippen LogP contribution in [0.3, 0.4) is 0 Å². The molecule has 0 radical (unpaired) electrons. The summed E-state index contributed by atoms with van der Waals surface area (Å²) >= 11 is 5.94. The first kappa shape index (κ1) is 10.3. The monoisotopic (exact) mass is 224 g/mol. The van der Waals surface area contributed by atoms with Crippen molar-refractivity contribution in [2.24, 2.45) is 0 Å². The predicted molar refractivity (Wildman–Crippen MR) is 62.6 cm³/mol. The topological polar surface area (TPSA) is 32.3 Å². The highest BCUT2D eigenvalue weighted by atomic mass is 35.5. The average molecular weight is 225 g/mol. The van der Waals surface area contributed by atoms with Crippen molar-refractivity contribution in [3.05, 3.63) is 23.2 Å². The maximum atomic E-state index is 11.4. The van der Waals surface area contributed by atoms with Crippen molar-refractivity contribution in [1.29, 1.82) is 0 Å². The quantitative estimate of drug-likeness (QED) is 0.795. The van der Waals surface area contributed by atoms with Gasteiger partial charge < -0.3 is 10.2 Å². The average Bonchev–Trinajstić information content (AvgIpc) is 2.17. The maximum absolute atomic E-state index is 11.4. The summed E-state index contributed by atoms with van der Waals surface area (Å²) in [5.41, 5.74) is 1.83. The molecule has 0 aromatic heterocycles. The molecule has 0 spiro atoms. The van der Waals surface area contributed by atoms with Crippen molar-refractivity contribution in [3.63, 3.8) is 0 Å². The van der Waals surface area contributed by atoms with Gasteiger partial charge in [-0.05, 0) is 32.0 Å². The Bertz CT molecular complexity index is 404. The van der Waals surface area contributed by atoms with E-state index in [-0.39, 0.29) is 11.9 Å². The normalized spacial score (nSPS) is 15.2. The maximum Gasteiger partial charge on any atom is 0.243 e. The summed E-state index contributed by atoms with van der Waals surface area (Å²) in [6, 6.07) is 5.79. The van der Waals surface area contributed by atoms with Crippen molar-refractivity contribution in [2.75, 3.05) is 16.8 Å². The first-order chi connectivity index (χ1) is 7.08. The molecule has 1 amide bonds. The number of benzene rings is 1. The van der Waals surface area contributed by atoms with E-state index < -0.39 is 0 Å². The number of hydrogen-bond acceptors (Lipinski definition) is 2. The van der Waals surface area contributed by atoms with Crippen molar-refractivity contribution in [2.45, 2.75) is 19.9 Å². The number of nitrogens with one attached hydrogen (secondary N) is 1. The molecular formula is C11H13ClN2O. The molecule has 0 bridgehead atoms. The lowest BCUT2D eigenvalue weighted by atomic mass is 10.1. The van der Waals surface area contributed by atoms with Crippen molar-refractivity contribution >= 4 is 28.9 Å². The zero-order valence-corrected chi connectivity index (χ0v) is 9.51. The summed E-state index contributed by atoms with van der Waals surface area (Å²) in [6.45, 7) is 4.51. The number of rotatable bonds is 1. The zero-order valence-electron chi connectivity index (χ0n) is 8.75. The Balaban J connectivity index is 2.47. The van der Waals surface area contributed by atoms with Crippen LogP contribution in [0.25, 0.3) is 0 Å². The molecule has 15 heavy (non-hydrogen) atoms. The van der Waals surface area contributed by atoms with E-state index in [4.69, 9.17) is 11.6 Å². The second kappa shape index (κ2) is 3.74. The number of anilines is 2. The Morgan fingerprint density at radius 1 is 1.47 bits per heavy atom. The molecule has 1 N–H and O–H groups in total. The SMILES string of the molecule is CC(C)N1CC(=O)Nc2ccc(Cl)cc21. The molecule has 1 aliphatic rings. The summed E-state index contributed by atoms with van der Waals surface area (Å²) in [6.07, 6.45) is 0. The minimum Gasteiger partial charge on any atom is -0.358 e. The first-order valence-corrected chi connectivity index (χ1v) is 5.32. The molecule has 1 heterocycles. The van der Waals surface area contributed by atoms with Gasteiger partial charge in [0.25, 0.3) is 0 Å². The Morgan fingerprint density at radius 3 is 2.87 bits per heavy atom. The van der Waals surface area contributed by atoms with Gasteiger partial charge in [-0.2, -0.15) is 0 Å². The van der Waals surface area contributed by atoms with Crippen molar-refractivity contribution in [1.82, 2.24) is 0 Å². The summed E-state index contributed by atoms with van der Waals surface area (Å²) in [7, 11) is 0. The van der Waals surface area contributed by atoms with Crippen LogP contribution in [0.5, 0.6) is 0 Å². The number of carbonyl (C=O) groups excluding carboxylic acids is 1. The third-order valence-electron chi connectivity index (χ3n) is 2.48. The molecule has 0 saturated carbocycles. The number of halogens is 1. The number of nitrogens with zero attached hydrogens (tertiary/aromatic N) is 1. The Labute approximate surface area is 94.0 Å². The molecule has 1 aromatic rings. The molecule has 0 saturated heterocycles. The van der Waals surface area contributed by atoms with Crippen LogP contribution in [0.15, 0.2) is 18.2 Å². The summed E-state index contributed by atoms with van der Waals surface area (Å²) in [5, 5.41) is 3.52. The highest BCUT2D eigenvalue weighted by Gasteiger charge is 2.23. The highest BCUT2D eigenvalue weighted by molar-refractivity contribution is 6.31. The fourth-order valence-electron chi connectivity index (χ4n) is 1.74. The van der Waals surface area contributed by atoms with Crippen LogP contribution in [-0.4, -0.2) is 18.5 Å². The summed E-state index contributed by atoms with van der Waals surface area (Å²) in [5.74, 6) is 0.0264. The molecule has 80 valence electrons. The van der Waals surface area contributed by atoms with Gasteiger partial charge in [-0.3, -0.25) is 4.79 Å². The lowest BCUT2D eigenvalue weighted by Crippen LogP contribution is -2.42. The number of carbonyl (C=O) groups is 1. The van der Waals surface area contributed by atoms with Gasteiger partial charge in [-0.15, -0.1) is 0 Å². The largest absolute Gasteiger partial charge is 0.358 e. The molecule has 0 unspecified atom stereocenters. The van der Waals surface area contributed by atoms with Gasteiger partial charge >= 0.3 is 0 Å². The Kier molecular flexibility index (Phi) is 2.57. The van der Waals surface area contributed by atoms with E-state index >= 15 is 0 Å². The first-order valence-electron chi connectivity index (χ1n) is 4.94. The van der Waals surface area contributed by atoms with E-state index in [9.17, 15) is 4.79 Å². The fourth-order valence-corrected chi connectivity index (χ4v) is 1.90. The molecule has 2 rings (SSSR count). The molecule has 0 atom stereocenters. The molecular weight excluding hydrogens is 212 g/mol. The summed E-state index contributed by atoms with van der Waals surface area (Å²) < 4.78 is 0. The van der Waals surface area contributed by atoms with Crippen LogP contribution in [0.2, 0.25) is 5.02 Å². The van der Waals surface area contributed by atoms with E-state index in [0.717, 1.165) is 11.4 Å². The van der Waals surface area contributed by atoms with Gasteiger partial charge in [0.1, 0.15) is 0 Å². The van der Waals surface area contributed by atoms with E-state index in [1.807, 2.05) is 17.0 Å². The van der Waals surface area contributed by atoms with Crippen LogP contribution < -0.4 is 10.2 Å². The fraction of sp³-hybridized carbons (Fsp3) is 0.364. The van der Waals surface area contributed by atoms with Gasteiger partial charge in [0.05, 0.1) is 17.9 Å². The lowest BCUT2D eigenvalue weighted by molar-refractivity contribution is -0.115. The third kappa shape index (κ3) is 1.92. The number of amides is 1. The lowest BCUT2D eigenvalue weighted by Gasteiger charge is -2.34. The minimum atomic E-state index is 0.0264. The zero-order chi connectivity index (χ0) is 11.0. The van der Waals surface area contributed by atoms with Gasteiger partial charge in [0.2, 0.25) is 5.91 Å². The van der Waals surface area contributed by atoms with E-state index in [0.29, 0.717) is 11.6 Å². The Hall–Kier alpha value is -1.22. The van der Waals surface area contributed by atoms with Gasteiger partial charge in [0.15, 0.2) is 0 Å². The molecule has 0 aliphatic carbocycles. The molecule has 1 aliphatic heterocycles. The third-order valence-corrected chi connectivity index (χ3v) is 2.72. The standard InChI is InChI=1S/C11H13ClN2O/c1-7(2)14-6-11(15)13-9-4-3-8(12)5-10(9)14/h3-5,7H,6H2,1-2H3,(H,13,15). The van der Waals surface area contributed by atoms with Gasteiger partial charge in [0, 0.05) is 11.1 Å². The van der Waals surface area contributed by atoms with Crippen molar-refractivity contribution in [3.8, 4) is 0 Å². The number of hydrogen-bond donors (Lipinski definition) is 1. The molecule has 4 heteroatoms. The van der Waals surface area contributed by atoms with Crippen LogP contribution in [-0.2, 0) is 4.79 Å². The summed E-state index contributed by atoms with van der Waals surface area (Å²) in [4.78, 5) is 13.5. The van der Waals surface area contributed by atoms with Gasteiger partial charge in [-0.1, -0.05) is 11.6 Å². The van der Waals surface area contributed by atoms with Crippen LogP contribution in [0.4, 0.5) is 11.4 Å². The van der Waals surface area contributed by atoms with Gasteiger partial charge in [-0.25, -0.2) is 0 Å².